The standard InChI is InChI=1S/C14H10BrClN2/c1-9-2-4-12(7-14(9)16)18-11-5-3-10(8-17)13(15)6-11/h2-7,18H,1H3. The Balaban J connectivity index is 2.26. The predicted octanol–water partition coefficient (Wildman–Crippen LogP) is 5.03. The molecule has 2 nitrogen and oxygen atoms in total. The van der Waals surface area contributed by atoms with Crippen LogP contribution in [0.2, 0.25) is 5.02 Å². The second kappa shape index (κ2) is 5.43. The molecule has 90 valence electrons. The average molecular weight is 322 g/mol. The first-order valence-corrected chi connectivity index (χ1v) is 6.50. The number of anilines is 2. The topological polar surface area (TPSA) is 35.8 Å². The van der Waals surface area contributed by atoms with Crippen molar-refractivity contribution in [1.82, 2.24) is 0 Å². The van der Waals surface area contributed by atoms with Gasteiger partial charge in [-0.25, -0.2) is 0 Å². The number of halogens is 2. The molecule has 0 aliphatic rings. The molecule has 0 saturated heterocycles. The van der Waals surface area contributed by atoms with Crippen LogP contribution in [0.3, 0.4) is 0 Å². The van der Waals surface area contributed by atoms with Gasteiger partial charge in [-0.05, 0) is 58.7 Å². The van der Waals surface area contributed by atoms with E-state index in [1.165, 1.54) is 0 Å². The lowest BCUT2D eigenvalue weighted by molar-refractivity contribution is 1.44. The second-order valence-corrected chi connectivity index (χ2v) is 5.16. The number of nitrogens with zero attached hydrogens (tertiary/aromatic N) is 1. The van der Waals surface area contributed by atoms with Crippen molar-refractivity contribution < 1.29 is 0 Å². The molecule has 0 unspecified atom stereocenters. The molecule has 0 atom stereocenters. The van der Waals surface area contributed by atoms with E-state index in [1.807, 2.05) is 37.3 Å². The number of rotatable bonds is 2. The molecule has 18 heavy (non-hydrogen) atoms. The van der Waals surface area contributed by atoms with Gasteiger partial charge in [-0.1, -0.05) is 17.7 Å². The van der Waals surface area contributed by atoms with Crippen LogP contribution in [-0.4, -0.2) is 0 Å². The SMILES string of the molecule is Cc1ccc(Nc2ccc(C#N)c(Br)c2)cc1Cl. The molecule has 2 aromatic rings. The molecule has 0 aliphatic carbocycles. The van der Waals surface area contributed by atoms with Crippen LogP contribution in [0.4, 0.5) is 11.4 Å². The monoisotopic (exact) mass is 320 g/mol. The van der Waals surface area contributed by atoms with Crippen molar-refractivity contribution in [3.63, 3.8) is 0 Å². The van der Waals surface area contributed by atoms with Crippen LogP contribution in [0.5, 0.6) is 0 Å². The summed E-state index contributed by atoms with van der Waals surface area (Å²) in [6, 6.07) is 13.4. The maximum absolute atomic E-state index is 8.85. The summed E-state index contributed by atoms with van der Waals surface area (Å²) >= 11 is 9.42. The molecule has 0 amide bonds. The van der Waals surface area contributed by atoms with Crippen molar-refractivity contribution in [2.24, 2.45) is 0 Å². The van der Waals surface area contributed by atoms with Gasteiger partial charge in [0.2, 0.25) is 0 Å². The van der Waals surface area contributed by atoms with Gasteiger partial charge < -0.3 is 5.32 Å². The van der Waals surface area contributed by atoms with Crippen molar-refractivity contribution in [1.29, 1.82) is 5.26 Å². The highest BCUT2D eigenvalue weighted by molar-refractivity contribution is 9.10. The van der Waals surface area contributed by atoms with Gasteiger partial charge in [-0.3, -0.25) is 0 Å². The first kappa shape index (κ1) is 12.9. The minimum atomic E-state index is 0.613. The van der Waals surface area contributed by atoms with Crippen LogP contribution < -0.4 is 5.32 Å². The van der Waals surface area contributed by atoms with E-state index in [0.717, 1.165) is 26.4 Å². The fourth-order valence-electron chi connectivity index (χ4n) is 1.52. The van der Waals surface area contributed by atoms with Crippen LogP contribution in [0.15, 0.2) is 40.9 Å². The van der Waals surface area contributed by atoms with Gasteiger partial charge in [0.15, 0.2) is 0 Å². The van der Waals surface area contributed by atoms with E-state index in [0.29, 0.717) is 5.56 Å². The van der Waals surface area contributed by atoms with Gasteiger partial charge >= 0.3 is 0 Å². The Kier molecular flexibility index (Phi) is 3.90. The summed E-state index contributed by atoms with van der Waals surface area (Å²) in [4.78, 5) is 0. The van der Waals surface area contributed by atoms with Gasteiger partial charge in [0.25, 0.3) is 0 Å². The number of nitrogens with one attached hydrogen (secondary N) is 1. The molecule has 0 heterocycles. The smallest absolute Gasteiger partial charge is 0.100 e. The molecule has 2 aromatic carbocycles. The van der Waals surface area contributed by atoms with Crippen molar-refractivity contribution in [3.05, 3.63) is 57.0 Å². The van der Waals surface area contributed by atoms with E-state index >= 15 is 0 Å². The Morgan fingerprint density at radius 3 is 2.44 bits per heavy atom. The lowest BCUT2D eigenvalue weighted by Crippen LogP contribution is -1.91. The summed E-state index contributed by atoms with van der Waals surface area (Å²) in [7, 11) is 0. The number of benzene rings is 2. The highest BCUT2D eigenvalue weighted by Crippen LogP contribution is 2.26. The Labute approximate surface area is 119 Å². The van der Waals surface area contributed by atoms with Gasteiger partial charge in [0.05, 0.1) is 5.56 Å². The van der Waals surface area contributed by atoms with E-state index in [4.69, 9.17) is 16.9 Å². The number of nitriles is 1. The van der Waals surface area contributed by atoms with Gasteiger partial charge in [0.1, 0.15) is 6.07 Å². The van der Waals surface area contributed by atoms with Crippen LogP contribution in [0, 0.1) is 18.3 Å². The third kappa shape index (κ3) is 2.84. The Bertz CT molecular complexity index is 632. The van der Waals surface area contributed by atoms with Crippen LogP contribution in [-0.2, 0) is 0 Å². The zero-order chi connectivity index (χ0) is 13.1. The molecule has 0 aliphatic heterocycles. The van der Waals surface area contributed by atoms with Gasteiger partial charge in [-0.2, -0.15) is 5.26 Å². The summed E-state index contributed by atoms with van der Waals surface area (Å²) in [5, 5.41) is 12.8. The molecule has 0 fully saturated rings. The Morgan fingerprint density at radius 2 is 1.83 bits per heavy atom. The van der Waals surface area contributed by atoms with E-state index in [-0.39, 0.29) is 0 Å². The minimum Gasteiger partial charge on any atom is -0.355 e. The average Bonchev–Trinajstić information content (AvgIpc) is 2.34. The lowest BCUT2D eigenvalue weighted by atomic mass is 10.2. The minimum absolute atomic E-state index is 0.613. The van der Waals surface area contributed by atoms with Crippen LogP contribution in [0.1, 0.15) is 11.1 Å². The van der Waals surface area contributed by atoms with Crippen LogP contribution >= 0.6 is 27.5 Å². The summed E-state index contributed by atoms with van der Waals surface area (Å²) in [5.41, 5.74) is 3.48. The lowest BCUT2D eigenvalue weighted by Gasteiger charge is -2.08. The van der Waals surface area contributed by atoms with Crippen molar-refractivity contribution in [3.8, 4) is 6.07 Å². The summed E-state index contributed by atoms with van der Waals surface area (Å²) < 4.78 is 0.771. The van der Waals surface area contributed by atoms with E-state index in [1.54, 1.807) is 6.07 Å². The zero-order valence-electron chi connectivity index (χ0n) is 9.67. The highest BCUT2D eigenvalue weighted by Gasteiger charge is 2.02. The number of aryl methyl sites for hydroxylation is 1. The van der Waals surface area contributed by atoms with E-state index in [9.17, 15) is 0 Å². The van der Waals surface area contributed by atoms with Gasteiger partial charge in [0, 0.05) is 20.9 Å². The molecular formula is C14H10BrClN2. The molecule has 0 radical (unpaired) electrons. The van der Waals surface area contributed by atoms with Crippen molar-refractivity contribution in [2.45, 2.75) is 6.92 Å². The first-order valence-electron chi connectivity index (χ1n) is 5.33. The van der Waals surface area contributed by atoms with Crippen LogP contribution in [0.25, 0.3) is 0 Å². The summed E-state index contributed by atoms with van der Waals surface area (Å²) in [5.74, 6) is 0. The molecule has 0 aromatic heterocycles. The molecule has 0 bridgehead atoms. The van der Waals surface area contributed by atoms with Gasteiger partial charge in [-0.15, -0.1) is 0 Å². The molecule has 0 spiro atoms. The van der Waals surface area contributed by atoms with Crippen molar-refractivity contribution in [2.75, 3.05) is 5.32 Å². The fourth-order valence-corrected chi connectivity index (χ4v) is 2.17. The third-order valence-corrected chi connectivity index (χ3v) is 3.61. The molecule has 0 saturated carbocycles. The van der Waals surface area contributed by atoms with Crippen molar-refractivity contribution >= 4 is 38.9 Å². The molecule has 4 heteroatoms. The number of hydrogen-bond acceptors (Lipinski definition) is 2. The third-order valence-electron chi connectivity index (χ3n) is 2.55. The second-order valence-electron chi connectivity index (χ2n) is 3.90. The zero-order valence-corrected chi connectivity index (χ0v) is 12.0. The van der Waals surface area contributed by atoms with E-state index in [2.05, 4.69) is 27.3 Å². The normalized spacial score (nSPS) is 9.89. The predicted molar refractivity (Wildman–Crippen MR) is 78.3 cm³/mol. The quantitative estimate of drug-likeness (QED) is 0.842. The number of hydrogen-bond donors (Lipinski definition) is 1. The maximum atomic E-state index is 8.85. The largest absolute Gasteiger partial charge is 0.355 e. The highest BCUT2D eigenvalue weighted by atomic mass is 79.9. The maximum Gasteiger partial charge on any atom is 0.100 e. The Hall–Kier alpha value is -1.50. The molecule has 2 rings (SSSR count). The molecule has 1 N–H and O–H groups in total. The van der Waals surface area contributed by atoms with E-state index < -0.39 is 0 Å². The first-order chi connectivity index (χ1) is 8.60. The summed E-state index contributed by atoms with van der Waals surface area (Å²) in [6.07, 6.45) is 0. The Morgan fingerprint density at radius 1 is 1.17 bits per heavy atom. The fraction of sp³-hybridized carbons (Fsp3) is 0.0714. The molecular weight excluding hydrogens is 312 g/mol. The summed E-state index contributed by atoms with van der Waals surface area (Å²) in [6.45, 7) is 1.96.